The van der Waals surface area contributed by atoms with Gasteiger partial charge in [0.1, 0.15) is 5.37 Å². The zero-order valence-corrected chi connectivity index (χ0v) is 10.7. The van der Waals surface area contributed by atoms with Gasteiger partial charge >= 0.3 is 0 Å². The fraction of sp³-hybridized carbons (Fsp3) is 0.444. The van der Waals surface area contributed by atoms with Crippen molar-refractivity contribution in [3.63, 3.8) is 0 Å². The predicted molar refractivity (Wildman–Crippen MR) is 66.6 cm³/mol. The molecule has 1 amide bonds. The molecule has 2 unspecified atom stereocenters. The molecule has 0 bridgehead atoms. The van der Waals surface area contributed by atoms with E-state index in [1.54, 1.807) is 17.1 Å². The normalized spacial score (nSPS) is 24.2. The summed E-state index contributed by atoms with van der Waals surface area (Å²) in [6.45, 7) is 2.07. The Hall–Kier alpha value is -1.08. The van der Waals surface area contributed by atoms with E-state index in [0.29, 0.717) is 5.56 Å². The second kappa shape index (κ2) is 4.84. The number of carbonyl (C=O) groups excluding carboxylic acids is 1. The average molecular weight is 256 g/mol. The molecule has 0 fully saturated rings. The quantitative estimate of drug-likeness (QED) is 0.809. The average Bonchev–Trinajstić information content (AvgIpc) is 2.88. The van der Waals surface area contributed by atoms with E-state index >= 15 is 0 Å². The zero-order valence-electron chi connectivity index (χ0n) is 9.03. The van der Waals surface area contributed by atoms with Gasteiger partial charge in [-0.2, -0.15) is 9.46 Å². The van der Waals surface area contributed by atoms with Crippen molar-refractivity contribution in [3.05, 3.63) is 17.1 Å². The van der Waals surface area contributed by atoms with Crippen LogP contribution in [0.4, 0.5) is 0 Å². The molecule has 2 rings (SSSR count). The molecule has 1 aromatic heterocycles. The molecule has 1 aliphatic rings. The number of rotatable bonds is 2. The summed E-state index contributed by atoms with van der Waals surface area (Å²) in [5, 5.41) is 7.97. The first kappa shape index (κ1) is 11.4. The van der Waals surface area contributed by atoms with Crippen LogP contribution in [0.3, 0.4) is 0 Å². The molecular formula is C9H12N4OS2. The van der Waals surface area contributed by atoms with E-state index in [2.05, 4.69) is 20.8 Å². The number of hydrogen-bond donors (Lipinski definition) is 0. The van der Waals surface area contributed by atoms with Crippen molar-refractivity contribution in [3.8, 4) is 0 Å². The topological polar surface area (TPSA) is 57.9 Å². The lowest BCUT2D eigenvalue weighted by molar-refractivity contribution is 0.101. The molecule has 0 saturated heterocycles. The number of hydrogen-bond acceptors (Lipinski definition) is 5. The lowest BCUT2D eigenvalue weighted by atomic mass is 10.4. The summed E-state index contributed by atoms with van der Waals surface area (Å²) in [5.41, 5.74) is 2.32. The minimum absolute atomic E-state index is 0.197. The van der Waals surface area contributed by atoms with Gasteiger partial charge < -0.3 is 0 Å². The van der Waals surface area contributed by atoms with E-state index < -0.39 is 10.7 Å². The summed E-state index contributed by atoms with van der Waals surface area (Å²) in [6.07, 6.45) is 2.48. The van der Waals surface area contributed by atoms with Gasteiger partial charge in [0.25, 0.3) is 5.91 Å². The van der Waals surface area contributed by atoms with Gasteiger partial charge in [-0.25, -0.2) is 4.37 Å². The Kier molecular flexibility index (Phi) is 3.45. The molecule has 16 heavy (non-hydrogen) atoms. The highest BCUT2D eigenvalue weighted by Gasteiger charge is 2.22. The number of hydrazone groups is 1. The molecule has 0 spiro atoms. The molecule has 0 radical (unpaired) electrons. The van der Waals surface area contributed by atoms with Gasteiger partial charge in [0.2, 0.25) is 0 Å². The fourth-order valence-corrected chi connectivity index (χ4v) is 3.47. The van der Waals surface area contributed by atoms with Gasteiger partial charge in [-0.1, -0.05) is 6.92 Å². The van der Waals surface area contributed by atoms with Gasteiger partial charge in [0.15, 0.2) is 0 Å². The van der Waals surface area contributed by atoms with Gasteiger partial charge in [-0.3, -0.25) is 9.80 Å². The standard InChI is InChI=1S/C9H12N4OS2/c1-3-8-13(2)10-6-16(8)12-9(14)7-4-11-15-5-7/h4-6,8H,3H2,1-2H3. The van der Waals surface area contributed by atoms with E-state index in [9.17, 15) is 4.79 Å². The van der Waals surface area contributed by atoms with E-state index in [1.165, 1.54) is 11.5 Å². The second-order valence-corrected chi connectivity index (χ2v) is 5.60. The molecule has 0 aliphatic carbocycles. The third-order valence-electron chi connectivity index (χ3n) is 2.25. The van der Waals surface area contributed by atoms with Crippen molar-refractivity contribution in [2.45, 2.75) is 18.7 Å². The van der Waals surface area contributed by atoms with Crippen LogP contribution >= 0.6 is 11.5 Å². The highest BCUT2D eigenvalue weighted by molar-refractivity contribution is 8.01. The molecular weight excluding hydrogens is 244 g/mol. The van der Waals surface area contributed by atoms with Crippen molar-refractivity contribution in [2.75, 3.05) is 7.05 Å². The first-order valence-electron chi connectivity index (χ1n) is 4.86. The Morgan fingerprint density at radius 1 is 1.75 bits per heavy atom. The van der Waals surface area contributed by atoms with Gasteiger partial charge in [0, 0.05) is 12.4 Å². The summed E-state index contributed by atoms with van der Waals surface area (Å²) < 4.78 is 8.08. The van der Waals surface area contributed by atoms with Crippen molar-refractivity contribution < 1.29 is 4.79 Å². The van der Waals surface area contributed by atoms with Crippen molar-refractivity contribution in [1.29, 1.82) is 0 Å². The Bertz CT molecular complexity index is 440. The minimum atomic E-state index is -0.423. The fourth-order valence-electron chi connectivity index (χ4n) is 1.40. The minimum Gasteiger partial charge on any atom is -0.285 e. The molecule has 86 valence electrons. The maximum Gasteiger partial charge on any atom is 0.285 e. The maximum absolute atomic E-state index is 11.8. The van der Waals surface area contributed by atoms with Crippen LogP contribution < -0.4 is 0 Å². The molecule has 7 heteroatoms. The van der Waals surface area contributed by atoms with Crippen molar-refractivity contribution in [2.24, 2.45) is 9.46 Å². The first-order chi connectivity index (χ1) is 7.72. The van der Waals surface area contributed by atoms with Crippen LogP contribution in [-0.4, -0.2) is 33.3 Å². The van der Waals surface area contributed by atoms with Gasteiger partial charge in [0.05, 0.1) is 17.3 Å². The van der Waals surface area contributed by atoms with E-state index in [4.69, 9.17) is 0 Å². The Morgan fingerprint density at radius 3 is 3.19 bits per heavy atom. The molecule has 2 atom stereocenters. The van der Waals surface area contributed by atoms with Crippen LogP contribution in [0.2, 0.25) is 0 Å². The molecule has 2 heterocycles. The third kappa shape index (κ3) is 2.19. The van der Waals surface area contributed by atoms with Crippen LogP contribution in [0.15, 0.2) is 21.0 Å². The van der Waals surface area contributed by atoms with Crippen molar-refractivity contribution in [1.82, 2.24) is 9.38 Å². The van der Waals surface area contributed by atoms with Crippen LogP contribution in [0, 0.1) is 0 Å². The van der Waals surface area contributed by atoms with Crippen LogP contribution in [0.1, 0.15) is 23.7 Å². The van der Waals surface area contributed by atoms with Crippen LogP contribution in [-0.2, 0) is 10.7 Å². The van der Waals surface area contributed by atoms with E-state index in [1.807, 2.05) is 12.1 Å². The lowest BCUT2D eigenvalue weighted by Gasteiger charge is -2.16. The summed E-state index contributed by atoms with van der Waals surface area (Å²) >= 11 is 1.26. The van der Waals surface area contributed by atoms with E-state index in [0.717, 1.165) is 6.42 Å². The molecule has 0 aromatic carbocycles. The third-order valence-corrected chi connectivity index (χ3v) is 4.72. The Labute approximate surface area is 100 Å². The Balaban J connectivity index is 2.19. The van der Waals surface area contributed by atoms with Crippen molar-refractivity contribution >= 4 is 33.7 Å². The number of nitrogens with zero attached hydrogens (tertiary/aromatic N) is 4. The maximum atomic E-state index is 11.8. The Morgan fingerprint density at radius 2 is 2.56 bits per heavy atom. The lowest BCUT2D eigenvalue weighted by Crippen LogP contribution is -2.25. The molecule has 0 N–H and O–H groups in total. The number of amides is 1. The molecule has 1 aliphatic heterocycles. The second-order valence-electron chi connectivity index (χ2n) is 3.31. The van der Waals surface area contributed by atoms with Gasteiger partial charge in [-0.05, 0) is 28.6 Å². The summed E-state index contributed by atoms with van der Waals surface area (Å²) in [4.78, 5) is 11.8. The van der Waals surface area contributed by atoms with E-state index in [-0.39, 0.29) is 11.3 Å². The highest BCUT2D eigenvalue weighted by atomic mass is 32.2. The van der Waals surface area contributed by atoms with Gasteiger partial charge in [-0.15, -0.1) is 0 Å². The zero-order chi connectivity index (χ0) is 11.5. The number of carbonyl (C=O) groups is 1. The summed E-state index contributed by atoms with van der Waals surface area (Å²) in [7, 11) is 1.48. The van der Waals surface area contributed by atoms with Crippen LogP contribution in [0.5, 0.6) is 0 Å². The molecule has 0 saturated carbocycles. The first-order valence-corrected chi connectivity index (χ1v) is 7.01. The predicted octanol–water partition coefficient (Wildman–Crippen LogP) is 1.71. The monoisotopic (exact) mass is 256 g/mol. The number of aromatic nitrogens is 1. The summed E-state index contributed by atoms with van der Waals surface area (Å²) in [5.74, 6) is -0.197. The molecule has 1 aromatic rings. The smallest absolute Gasteiger partial charge is 0.285 e. The summed E-state index contributed by atoms with van der Waals surface area (Å²) in [6, 6.07) is 0. The molecule has 5 nitrogen and oxygen atoms in total. The van der Waals surface area contributed by atoms with Crippen LogP contribution in [0.25, 0.3) is 0 Å². The highest BCUT2D eigenvalue weighted by Crippen LogP contribution is 2.16. The largest absolute Gasteiger partial charge is 0.285 e. The SMILES string of the molecule is CCC1N(C)N=CS1=NC(=O)c1cnsc1.